The monoisotopic (exact) mass is 543 g/mol. The lowest BCUT2D eigenvalue weighted by molar-refractivity contribution is -0.137. The molecule has 1 fully saturated rings. The lowest BCUT2D eigenvalue weighted by atomic mass is 9.97. The van der Waals surface area contributed by atoms with E-state index in [0.29, 0.717) is 25.4 Å². The van der Waals surface area contributed by atoms with Gasteiger partial charge >= 0.3 is 6.18 Å². The Bertz CT molecular complexity index is 1250. The van der Waals surface area contributed by atoms with Gasteiger partial charge in [-0.15, -0.1) is 0 Å². The minimum Gasteiger partial charge on any atom is -0.497 e. The first kappa shape index (κ1) is 28.1. The van der Waals surface area contributed by atoms with Gasteiger partial charge in [-0.3, -0.25) is 9.59 Å². The molecule has 0 spiro atoms. The predicted molar refractivity (Wildman–Crippen MR) is 141 cm³/mol. The van der Waals surface area contributed by atoms with Gasteiger partial charge in [0.15, 0.2) is 5.76 Å². The van der Waals surface area contributed by atoms with E-state index in [4.69, 9.17) is 9.15 Å². The lowest BCUT2D eigenvalue weighted by Gasteiger charge is -2.21. The van der Waals surface area contributed by atoms with Gasteiger partial charge in [0.1, 0.15) is 17.6 Å². The number of rotatable bonds is 11. The van der Waals surface area contributed by atoms with Gasteiger partial charge in [-0.2, -0.15) is 13.2 Å². The van der Waals surface area contributed by atoms with Gasteiger partial charge < -0.3 is 25.1 Å². The summed E-state index contributed by atoms with van der Waals surface area (Å²) in [5, 5.41) is 8.87. The van der Waals surface area contributed by atoms with Crippen LogP contribution in [0.15, 0.2) is 65.1 Å². The maximum absolute atomic E-state index is 13.1. The van der Waals surface area contributed by atoms with E-state index in [0.717, 1.165) is 49.3 Å². The van der Waals surface area contributed by atoms with Crippen molar-refractivity contribution in [3.8, 4) is 17.1 Å². The number of carbonyl (C=O) groups is 2. The number of amides is 2. The van der Waals surface area contributed by atoms with Crippen LogP contribution in [0.25, 0.3) is 11.3 Å². The molecule has 0 saturated heterocycles. The second-order valence-corrected chi connectivity index (χ2v) is 9.60. The van der Waals surface area contributed by atoms with E-state index in [2.05, 4.69) is 16.0 Å². The largest absolute Gasteiger partial charge is 0.497 e. The second kappa shape index (κ2) is 12.7. The van der Waals surface area contributed by atoms with Crippen LogP contribution in [0.3, 0.4) is 0 Å². The van der Waals surface area contributed by atoms with Crippen LogP contribution in [-0.4, -0.2) is 38.1 Å². The fourth-order valence-electron chi connectivity index (χ4n) is 4.73. The highest BCUT2D eigenvalue weighted by Gasteiger charge is 2.31. The summed E-state index contributed by atoms with van der Waals surface area (Å²) in [4.78, 5) is 26.0. The van der Waals surface area contributed by atoms with Crippen LogP contribution < -0.4 is 20.7 Å². The van der Waals surface area contributed by atoms with Gasteiger partial charge in [0, 0.05) is 24.3 Å². The van der Waals surface area contributed by atoms with Crippen LogP contribution in [0.5, 0.6) is 5.75 Å². The molecule has 2 amide bonds. The van der Waals surface area contributed by atoms with Crippen LogP contribution in [0, 0.1) is 5.92 Å². The van der Waals surface area contributed by atoms with Crippen LogP contribution in [0.2, 0.25) is 0 Å². The Kier molecular flexibility index (Phi) is 9.16. The Balaban J connectivity index is 1.36. The molecule has 1 saturated carbocycles. The van der Waals surface area contributed by atoms with Crippen LogP contribution in [0.1, 0.15) is 48.2 Å². The Morgan fingerprint density at radius 2 is 1.77 bits per heavy atom. The van der Waals surface area contributed by atoms with Gasteiger partial charge in [0.05, 0.1) is 12.7 Å². The number of methoxy groups -OCH3 is 1. The topological polar surface area (TPSA) is 92.6 Å². The van der Waals surface area contributed by atoms with E-state index in [9.17, 15) is 22.8 Å². The van der Waals surface area contributed by atoms with E-state index in [1.807, 2.05) is 24.3 Å². The number of nitrogens with one attached hydrogen (secondary N) is 3. The summed E-state index contributed by atoms with van der Waals surface area (Å²) in [6, 6.07) is 14.2. The van der Waals surface area contributed by atoms with Crippen molar-refractivity contribution in [3.63, 3.8) is 0 Å². The lowest BCUT2D eigenvalue weighted by Crippen LogP contribution is -2.48. The number of hydrogen-bond acceptors (Lipinski definition) is 5. The molecule has 3 aromatic rings. The molecule has 1 heterocycles. The summed E-state index contributed by atoms with van der Waals surface area (Å²) in [7, 11) is 1.60. The second-order valence-electron chi connectivity index (χ2n) is 9.60. The van der Waals surface area contributed by atoms with Crippen molar-refractivity contribution in [2.75, 3.05) is 25.5 Å². The summed E-state index contributed by atoms with van der Waals surface area (Å²) < 4.78 is 50.0. The minimum absolute atomic E-state index is 0.0761. The third kappa shape index (κ3) is 7.78. The fraction of sp³-hybridized carbons (Fsp3) is 0.379. The van der Waals surface area contributed by atoms with Gasteiger partial charge in [0.2, 0.25) is 5.91 Å². The number of anilines is 1. The van der Waals surface area contributed by atoms with Crippen molar-refractivity contribution < 1.29 is 31.9 Å². The third-order valence-electron chi connectivity index (χ3n) is 6.81. The molecule has 208 valence electrons. The Labute approximate surface area is 225 Å². The SMILES string of the molecule is COc1ccc(NCCNC(=O)C(CC2CCCC2)NC(=O)c2ccc(-c3cccc(C(F)(F)F)c3)o2)cc1. The number of furan rings is 1. The highest BCUT2D eigenvalue weighted by Crippen LogP contribution is 2.33. The molecule has 1 aliphatic rings. The molecule has 0 radical (unpaired) electrons. The zero-order valence-electron chi connectivity index (χ0n) is 21.6. The first-order valence-corrected chi connectivity index (χ1v) is 13.0. The van der Waals surface area contributed by atoms with Crippen molar-refractivity contribution in [1.29, 1.82) is 0 Å². The zero-order chi connectivity index (χ0) is 27.8. The van der Waals surface area contributed by atoms with E-state index in [-0.39, 0.29) is 23.0 Å². The van der Waals surface area contributed by atoms with Crippen LogP contribution in [0.4, 0.5) is 18.9 Å². The van der Waals surface area contributed by atoms with Crippen molar-refractivity contribution in [1.82, 2.24) is 10.6 Å². The van der Waals surface area contributed by atoms with Crippen molar-refractivity contribution in [2.45, 2.75) is 44.3 Å². The highest BCUT2D eigenvalue weighted by atomic mass is 19.4. The molecule has 1 aromatic heterocycles. The maximum atomic E-state index is 13.1. The molecule has 1 unspecified atom stereocenters. The number of hydrogen-bond donors (Lipinski definition) is 3. The first-order chi connectivity index (χ1) is 18.7. The van der Waals surface area contributed by atoms with Gasteiger partial charge in [-0.25, -0.2) is 0 Å². The summed E-state index contributed by atoms with van der Waals surface area (Å²) in [5.74, 6) is 0.244. The summed E-state index contributed by atoms with van der Waals surface area (Å²) in [6.45, 7) is 0.836. The molecule has 1 aliphatic carbocycles. The zero-order valence-corrected chi connectivity index (χ0v) is 21.6. The van der Waals surface area contributed by atoms with Crippen molar-refractivity contribution in [3.05, 3.63) is 72.0 Å². The van der Waals surface area contributed by atoms with Gasteiger partial charge in [0.25, 0.3) is 5.91 Å². The molecule has 0 aliphatic heterocycles. The number of benzene rings is 2. The molecule has 2 aromatic carbocycles. The number of alkyl halides is 3. The Hall–Kier alpha value is -3.95. The van der Waals surface area contributed by atoms with Gasteiger partial charge in [-0.05, 0) is 60.9 Å². The third-order valence-corrected chi connectivity index (χ3v) is 6.81. The predicted octanol–water partition coefficient (Wildman–Crippen LogP) is 5.88. The molecule has 10 heteroatoms. The summed E-state index contributed by atoms with van der Waals surface area (Å²) in [6.07, 6.45) is 0.200. The number of carbonyl (C=O) groups excluding carboxylic acids is 2. The quantitative estimate of drug-likeness (QED) is 0.263. The van der Waals surface area contributed by atoms with E-state index >= 15 is 0 Å². The first-order valence-electron chi connectivity index (χ1n) is 13.0. The number of halogens is 3. The molecule has 39 heavy (non-hydrogen) atoms. The van der Waals surface area contributed by atoms with Gasteiger partial charge in [-0.1, -0.05) is 37.8 Å². The fourth-order valence-corrected chi connectivity index (χ4v) is 4.73. The van der Waals surface area contributed by atoms with E-state index in [1.54, 1.807) is 7.11 Å². The van der Waals surface area contributed by atoms with E-state index in [1.165, 1.54) is 24.3 Å². The van der Waals surface area contributed by atoms with E-state index < -0.39 is 23.7 Å². The highest BCUT2D eigenvalue weighted by molar-refractivity contribution is 5.96. The number of ether oxygens (including phenoxy) is 1. The molecule has 1 atom stereocenters. The molecular weight excluding hydrogens is 511 g/mol. The van der Waals surface area contributed by atoms with Crippen molar-refractivity contribution >= 4 is 17.5 Å². The Morgan fingerprint density at radius 3 is 2.46 bits per heavy atom. The smallest absolute Gasteiger partial charge is 0.416 e. The molecule has 0 bridgehead atoms. The van der Waals surface area contributed by atoms with Crippen LogP contribution in [-0.2, 0) is 11.0 Å². The molecule has 4 rings (SSSR count). The average Bonchev–Trinajstić information content (AvgIpc) is 3.63. The molecular formula is C29H32F3N3O4. The Morgan fingerprint density at radius 1 is 1.03 bits per heavy atom. The average molecular weight is 544 g/mol. The summed E-state index contributed by atoms with van der Waals surface area (Å²) >= 11 is 0. The summed E-state index contributed by atoms with van der Waals surface area (Å²) in [5.41, 5.74) is 0.279. The molecule has 7 nitrogen and oxygen atoms in total. The normalized spacial score (nSPS) is 14.6. The minimum atomic E-state index is -4.49. The van der Waals surface area contributed by atoms with Crippen molar-refractivity contribution in [2.24, 2.45) is 5.92 Å². The maximum Gasteiger partial charge on any atom is 0.416 e. The standard InChI is InChI=1S/C29H32F3N3O4/c1-38-23-11-9-22(10-12-23)33-15-16-34-27(36)24(17-19-5-2-3-6-19)35-28(37)26-14-13-25(39-26)20-7-4-8-21(18-20)29(30,31)32/h4,7-14,18-19,24,33H,2-3,5-6,15-17H2,1H3,(H,34,36)(H,35,37). The molecule has 3 N–H and O–H groups in total. The van der Waals surface area contributed by atoms with Crippen LogP contribution >= 0.6 is 0 Å².